The first-order valence-corrected chi connectivity index (χ1v) is 5.08. The lowest BCUT2D eigenvalue weighted by Gasteiger charge is -1.98. The zero-order valence-electron chi connectivity index (χ0n) is 7.58. The molecule has 0 aliphatic heterocycles. The van der Waals surface area contributed by atoms with E-state index in [4.69, 9.17) is 0 Å². The summed E-state index contributed by atoms with van der Waals surface area (Å²) in [5.74, 6) is 1.31. The average Bonchev–Trinajstić information content (AvgIpc) is 3.02. The van der Waals surface area contributed by atoms with Gasteiger partial charge in [-0.2, -0.15) is 5.10 Å². The summed E-state index contributed by atoms with van der Waals surface area (Å²) in [4.78, 5) is 0. The van der Waals surface area contributed by atoms with E-state index in [0.717, 1.165) is 11.3 Å². The molecular weight excluding hydrogens is 164 g/mol. The Bertz CT molecular complexity index is 294. The number of nitrogens with one attached hydrogen (secondary N) is 1. The lowest BCUT2D eigenvalue weighted by Crippen LogP contribution is -1.92. The van der Waals surface area contributed by atoms with E-state index in [9.17, 15) is 5.11 Å². The molecule has 0 aromatic carbocycles. The van der Waals surface area contributed by atoms with Crippen molar-refractivity contribution in [3.8, 4) is 0 Å². The fraction of sp³-hybridized carbons (Fsp3) is 0.700. The minimum absolute atomic E-state index is 0.161. The summed E-state index contributed by atoms with van der Waals surface area (Å²) >= 11 is 0. The Morgan fingerprint density at radius 2 is 1.92 bits per heavy atom. The van der Waals surface area contributed by atoms with Gasteiger partial charge >= 0.3 is 0 Å². The summed E-state index contributed by atoms with van der Waals surface area (Å²) < 4.78 is 0. The maximum atomic E-state index is 9.28. The van der Waals surface area contributed by atoms with E-state index in [1.807, 2.05) is 0 Å². The van der Waals surface area contributed by atoms with Crippen LogP contribution in [0.25, 0.3) is 0 Å². The fourth-order valence-electron chi connectivity index (χ4n) is 1.96. The fourth-order valence-corrected chi connectivity index (χ4v) is 1.96. The molecular formula is C10H14N2O. The Balaban J connectivity index is 1.99. The molecule has 2 N–H and O–H groups in total. The van der Waals surface area contributed by atoms with E-state index in [-0.39, 0.29) is 6.61 Å². The molecule has 2 saturated carbocycles. The zero-order chi connectivity index (χ0) is 8.84. The summed E-state index contributed by atoms with van der Waals surface area (Å²) in [6, 6.07) is 0. The van der Waals surface area contributed by atoms with Crippen molar-refractivity contribution in [3.63, 3.8) is 0 Å². The summed E-state index contributed by atoms with van der Waals surface area (Å²) in [6.07, 6.45) is 5.03. The molecule has 1 aromatic heterocycles. The van der Waals surface area contributed by atoms with E-state index in [1.165, 1.54) is 31.4 Å². The number of rotatable bonds is 3. The van der Waals surface area contributed by atoms with Gasteiger partial charge in [-0.3, -0.25) is 5.10 Å². The number of aromatic nitrogens is 2. The molecule has 1 aromatic rings. The highest BCUT2D eigenvalue weighted by atomic mass is 16.3. The van der Waals surface area contributed by atoms with Crippen LogP contribution in [-0.2, 0) is 6.61 Å². The van der Waals surface area contributed by atoms with Crippen LogP contribution in [0.4, 0.5) is 0 Å². The number of aliphatic hydroxyl groups is 1. The van der Waals surface area contributed by atoms with Crippen LogP contribution in [0, 0.1) is 0 Å². The normalized spacial score (nSPS) is 22.2. The van der Waals surface area contributed by atoms with Crippen molar-refractivity contribution in [2.45, 2.75) is 44.1 Å². The van der Waals surface area contributed by atoms with E-state index < -0.39 is 0 Å². The molecule has 0 bridgehead atoms. The van der Waals surface area contributed by atoms with Gasteiger partial charge in [0.05, 0.1) is 12.3 Å². The number of aliphatic hydroxyl groups excluding tert-OH is 1. The maximum absolute atomic E-state index is 9.28. The van der Waals surface area contributed by atoms with Gasteiger partial charge in [-0.05, 0) is 25.7 Å². The average molecular weight is 178 g/mol. The lowest BCUT2D eigenvalue weighted by atomic mass is 10.1. The van der Waals surface area contributed by atoms with Crippen LogP contribution in [-0.4, -0.2) is 15.3 Å². The number of H-pyrrole nitrogens is 1. The Morgan fingerprint density at radius 1 is 1.23 bits per heavy atom. The third kappa shape index (κ3) is 1.18. The van der Waals surface area contributed by atoms with Crippen LogP contribution in [0.2, 0.25) is 0 Å². The van der Waals surface area contributed by atoms with Crippen LogP contribution in [0.15, 0.2) is 0 Å². The highest BCUT2D eigenvalue weighted by Crippen LogP contribution is 2.46. The van der Waals surface area contributed by atoms with Gasteiger partial charge in [-0.1, -0.05) is 0 Å². The van der Waals surface area contributed by atoms with Crippen molar-refractivity contribution < 1.29 is 5.11 Å². The van der Waals surface area contributed by atoms with Crippen LogP contribution >= 0.6 is 0 Å². The van der Waals surface area contributed by atoms with Crippen molar-refractivity contribution in [1.29, 1.82) is 0 Å². The minimum atomic E-state index is 0.161. The van der Waals surface area contributed by atoms with Gasteiger partial charge in [0.1, 0.15) is 0 Å². The first-order chi connectivity index (χ1) is 6.40. The second kappa shape index (κ2) is 2.58. The van der Waals surface area contributed by atoms with Gasteiger partial charge in [0.15, 0.2) is 0 Å². The first-order valence-electron chi connectivity index (χ1n) is 5.08. The standard InChI is InChI=1S/C10H14N2O/c13-5-8-9(6-1-2-6)11-12-10(8)7-3-4-7/h6-7,13H,1-5H2,(H,11,12). The van der Waals surface area contributed by atoms with Gasteiger partial charge in [-0.25, -0.2) is 0 Å². The number of hydrogen-bond acceptors (Lipinski definition) is 2. The molecule has 70 valence electrons. The molecule has 3 nitrogen and oxygen atoms in total. The number of aromatic amines is 1. The lowest BCUT2D eigenvalue weighted by molar-refractivity contribution is 0.279. The van der Waals surface area contributed by atoms with Crippen LogP contribution in [0.5, 0.6) is 0 Å². The maximum Gasteiger partial charge on any atom is 0.0718 e. The van der Waals surface area contributed by atoms with Gasteiger partial charge in [-0.15, -0.1) is 0 Å². The smallest absolute Gasteiger partial charge is 0.0718 e. The first kappa shape index (κ1) is 7.56. The van der Waals surface area contributed by atoms with Crippen molar-refractivity contribution in [2.75, 3.05) is 0 Å². The Kier molecular flexibility index (Phi) is 1.50. The topological polar surface area (TPSA) is 48.9 Å². The van der Waals surface area contributed by atoms with Crippen LogP contribution in [0.3, 0.4) is 0 Å². The number of hydrogen-bond donors (Lipinski definition) is 2. The van der Waals surface area contributed by atoms with E-state index >= 15 is 0 Å². The monoisotopic (exact) mass is 178 g/mol. The van der Waals surface area contributed by atoms with Gasteiger partial charge < -0.3 is 5.11 Å². The predicted octanol–water partition coefficient (Wildman–Crippen LogP) is 1.66. The molecule has 2 aliphatic carbocycles. The van der Waals surface area contributed by atoms with Gasteiger partial charge in [0, 0.05) is 23.1 Å². The summed E-state index contributed by atoms with van der Waals surface area (Å²) in [5, 5.41) is 16.7. The zero-order valence-corrected chi connectivity index (χ0v) is 7.58. The largest absolute Gasteiger partial charge is 0.392 e. The molecule has 0 unspecified atom stereocenters. The molecule has 0 saturated heterocycles. The molecule has 0 atom stereocenters. The third-order valence-electron chi connectivity index (χ3n) is 3.04. The van der Waals surface area contributed by atoms with Gasteiger partial charge in [0.25, 0.3) is 0 Å². The third-order valence-corrected chi connectivity index (χ3v) is 3.04. The summed E-state index contributed by atoms with van der Waals surface area (Å²) in [7, 11) is 0. The van der Waals surface area contributed by atoms with E-state index in [0.29, 0.717) is 11.8 Å². The second-order valence-corrected chi connectivity index (χ2v) is 4.21. The SMILES string of the molecule is OCc1c(C2CC2)n[nH]c1C1CC1. The van der Waals surface area contributed by atoms with Crippen LogP contribution < -0.4 is 0 Å². The van der Waals surface area contributed by atoms with Crippen LogP contribution in [0.1, 0.15) is 54.5 Å². The quantitative estimate of drug-likeness (QED) is 0.739. The van der Waals surface area contributed by atoms with Crippen molar-refractivity contribution in [2.24, 2.45) is 0 Å². The van der Waals surface area contributed by atoms with Crippen molar-refractivity contribution >= 4 is 0 Å². The van der Waals surface area contributed by atoms with E-state index in [1.54, 1.807) is 0 Å². The Hall–Kier alpha value is -0.830. The molecule has 3 rings (SSSR count). The molecule has 2 fully saturated rings. The minimum Gasteiger partial charge on any atom is -0.392 e. The van der Waals surface area contributed by atoms with Gasteiger partial charge in [0.2, 0.25) is 0 Å². The molecule has 13 heavy (non-hydrogen) atoms. The summed E-state index contributed by atoms with van der Waals surface area (Å²) in [6.45, 7) is 0.161. The highest BCUT2D eigenvalue weighted by molar-refractivity contribution is 5.34. The number of nitrogens with zero attached hydrogens (tertiary/aromatic N) is 1. The Morgan fingerprint density at radius 3 is 2.46 bits per heavy atom. The predicted molar refractivity (Wildman–Crippen MR) is 48.5 cm³/mol. The van der Waals surface area contributed by atoms with E-state index in [2.05, 4.69) is 10.2 Å². The Labute approximate surface area is 77.2 Å². The molecule has 2 aliphatic rings. The molecule has 0 amide bonds. The molecule has 1 heterocycles. The van der Waals surface area contributed by atoms with Crippen molar-refractivity contribution in [1.82, 2.24) is 10.2 Å². The molecule has 0 radical (unpaired) electrons. The highest BCUT2D eigenvalue weighted by Gasteiger charge is 2.34. The van der Waals surface area contributed by atoms with Crippen molar-refractivity contribution in [3.05, 3.63) is 17.0 Å². The molecule has 3 heteroatoms. The molecule has 0 spiro atoms. The summed E-state index contributed by atoms with van der Waals surface area (Å²) in [5.41, 5.74) is 3.46. The second-order valence-electron chi connectivity index (χ2n) is 4.21.